The number of piperidine rings is 1. The van der Waals surface area contributed by atoms with Crippen LogP contribution in [0.1, 0.15) is 61.3 Å². The van der Waals surface area contributed by atoms with Gasteiger partial charge in [-0.3, -0.25) is 9.48 Å². The molecule has 3 heterocycles. The van der Waals surface area contributed by atoms with Crippen molar-refractivity contribution >= 4 is 27.5 Å². The fourth-order valence-corrected chi connectivity index (χ4v) is 5.77. The van der Waals surface area contributed by atoms with Crippen molar-refractivity contribution < 1.29 is 4.79 Å². The molecule has 2 aromatic rings. The molecule has 5 heteroatoms. The van der Waals surface area contributed by atoms with Gasteiger partial charge in [0.1, 0.15) is 4.83 Å². The van der Waals surface area contributed by atoms with E-state index in [-0.39, 0.29) is 5.91 Å². The number of thiophene rings is 1. The Labute approximate surface area is 154 Å². The minimum atomic E-state index is 0.237. The summed E-state index contributed by atoms with van der Waals surface area (Å²) in [5.74, 6) is 2.39. The predicted molar refractivity (Wildman–Crippen MR) is 103 cm³/mol. The minimum absolute atomic E-state index is 0.237. The van der Waals surface area contributed by atoms with Gasteiger partial charge in [0.25, 0.3) is 5.91 Å². The Bertz CT molecular complexity index is 775. The van der Waals surface area contributed by atoms with Gasteiger partial charge in [-0.2, -0.15) is 5.10 Å². The van der Waals surface area contributed by atoms with E-state index < -0.39 is 0 Å². The van der Waals surface area contributed by atoms with Crippen LogP contribution in [-0.4, -0.2) is 33.7 Å². The second kappa shape index (κ2) is 6.75. The molecule has 1 aliphatic heterocycles. The third kappa shape index (κ3) is 3.23. The molecular formula is C20H29N3OS. The SMILES string of the molecule is Cc1nn(CC(C)C)c2sc(C(=O)N3CC[C@@H]4CCCC[C@H]4C3)cc12. The molecular weight excluding hydrogens is 330 g/mol. The lowest BCUT2D eigenvalue weighted by Crippen LogP contribution is -2.44. The summed E-state index contributed by atoms with van der Waals surface area (Å²) in [5, 5.41) is 5.81. The zero-order chi connectivity index (χ0) is 17.6. The van der Waals surface area contributed by atoms with Gasteiger partial charge >= 0.3 is 0 Å². The Morgan fingerprint density at radius 3 is 2.80 bits per heavy atom. The van der Waals surface area contributed by atoms with Gasteiger partial charge in [-0.05, 0) is 43.6 Å². The quantitative estimate of drug-likeness (QED) is 0.795. The molecule has 0 N–H and O–H groups in total. The number of aromatic nitrogens is 2. The summed E-state index contributed by atoms with van der Waals surface area (Å²) in [4.78, 5) is 17.3. The van der Waals surface area contributed by atoms with Crippen molar-refractivity contribution in [3.8, 4) is 0 Å². The first-order valence-electron chi connectivity index (χ1n) is 9.79. The first kappa shape index (κ1) is 17.1. The fourth-order valence-electron chi connectivity index (χ4n) is 4.63. The van der Waals surface area contributed by atoms with Crippen LogP contribution >= 0.6 is 11.3 Å². The van der Waals surface area contributed by atoms with E-state index in [4.69, 9.17) is 0 Å². The predicted octanol–water partition coefficient (Wildman–Crippen LogP) is 4.71. The summed E-state index contributed by atoms with van der Waals surface area (Å²) < 4.78 is 2.09. The van der Waals surface area contributed by atoms with Crippen LogP contribution in [0.4, 0.5) is 0 Å². The van der Waals surface area contributed by atoms with E-state index in [1.165, 1.54) is 32.1 Å². The Morgan fingerprint density at radius 2 is 2.04 bits per heavy atom. The third-order valence-corrected chi connectivity index (χ3v) is 7.07. The molecule has 2 aliphatic rings. The summed E-state index contributed by atoms with van der Waals surface area (Å²) in [6.45, 7) is 9.27. The first-order valence-corrected chi connectivity index (χ1v) is 10.6. The van der Waals surface area contributed by atoms with E-state index >= 15 is 0 Å². The lowest BCUT2D eigenvalue weighted by atomic mass is 9.75. The maximum Gasteiger partial charge on any atom is 0.264 e. The number of hydrogen-bond donors (Lipinski definition) is 0. The van der Waals surface area contributed by atoms with E-state index in [0.29, 0.717) is 5.92 Å². The van der Waals surface area contributed by atoms with Crippen LogP contribution in [0.2, 0.25) is 0 Å². The van der Waals surface area contributed by atoms with E-state index in [1.54, 1.807) is 11.3 Å². The largest absolute Gasteiger partial charge is 0.338 e. The number of rotatable bonds is 3. The monoisotopic (exact) mass is 359 g/mol. The average Bonchev–Trinajstić information content (AvgIpc) is 3.15. The highest BCUT2D eigenvalue weighted by Gasteiger charge is 2.33. The summed E-state index contributed by atoms with van der Waals surface area (Å²) >= 11 is 1.63. The third-order valence-electron chi connectivity index (χ3n) is 5.93. The molecule has 2 aromatic heterocycles. The highest BCUT2D eigenvalue weighted by Crippen LogP contribution is 2.37. The fraction of sp³-hybridized carbons (Fsp3) is 0.700. The molecule has 1 saturated carbocycles. The van der Waals surface area contributed by atoms with Gasteiger partial charge in [0.2, 0.25) is 0 Å². The summed E-state index contributed by atoms with van der Waals surface area (Å²) in [6, 6.07) is 2.08. The minimum Gasteiger partial charge on any atom is -0.338 e. The van der Waals surface area contributed by atoms with Crippen molar-refractivity contribution in [1.29, 1.82) is 0 Å². The lowest BCUT2D eigenvalue weighted by Gasteiger charge is -2.41. The van der Waals surface area contributed by atoms with Crippen LogP contribution in [0.15, 0.2) is 6.07 Å². The van der Waals surface area contributed by atoms with Gasteiger partial charge in [0, 0.05) is 25.0 Å². The molecule has 1 saturated heterocycles. The molecule has 0 bridgehead atoms. The van der Waals surface area contributed by atoms with Crippen molar-refractivity contribution in [1.82, 2.24) is 14.7 Å². The Balaban J connectivity index is 1.56. The zero-order valence-corrected chi connectivity index (χ0v) is 16.4. The number of hydrogen-bond acceptors (Lipinski definition) is 3. The van der Waals surface area contributed by atoms with Gasteiger partial charge in [-0.25, -0.2) is 0 Å². The first-order chi connectivity index (χ1) is 12.0. The van der Waals surface area contributed by atoms with Gasteiger partial charge in [-0.15, -0.1) is 11.3 Å². The molecule has 0 radical (unpaired) electrons. The van der Waals surface area contributed by atoms with Crippen LogP contribution in [0.5, 0.6) is 0 Å². The Hall–Kier alpha value is -1.36. The van der Waals surface area contributed by atoms with Crippen LogP contribution in [0.3, 0.4) is 0 Å². The van der Waals surface area contributed by atoms with Crippen molar-refractivity contribution in [3.63, 3.8) is 0 Å². The summed E-state index contributed by atoms with van der Waals surface area (Å²) in [5.41, 5.74) is 1.04. The molecule has 25 heavy (non-hydrogen) atoms. The van der Waals surface area contributed by atoms with Gasteiger partial charge in [-0.1, -0.05) is 33.1 Å². The van der Waals surface area contributed by atoms with E-state index in [9.17, 15) is 4.79 Å². The van der Waals surface area contributed by atoms with Crippen LogP contribution in [0, 0.1) is 24.7 Å². The number of carbonyl (C=O) groups is 1. The highest BCUT2D eigenvalue weighted by molar-refractivity contribution is 7.20. The van der Waals surface area contributed by atoms with Gasteiger partial charge < -0.3 is 4.90 Å². The maximum absolute atomic E-state index is 13.1. The molecule has 0 unspecified atom stereocenters. The summed E-state index contributed by atoms with van der Waals surface area (Å²) in [7, 11) is 0. The molecule has 136 valence electrons. The number of nitrogens with zero attached hydrogens (tertiary/aromatic N) is 3. The molecule has 2 fully saturated rings. The van der Waals surface area contributed by atoms with Crippen LogP contribution < -0.4 is 0 Å². The number of likely N-dealkylation sites (tertiary alicyclic amines) is 1. The molecule has 4 rings (SSSR count). The maximum atomic E-state index is 13.1. The lowest BCUT2D eigenvalue weighted by molar-refractivity contribution is 0.0525. The highest BCUT2D eigenvalue weighted by atomic mass is 32.1. The summed E-state index contributed by atoms with van der Waals surface area (Å²) in [6.07, 6.45) is 6.61. The normalized spacial score (nSPS) is 24.1. The van der Waals surface area contributed by atoms with Gasteiger partial charge in [0.05, 0.1) is 10.6 Å². The standard InChI is InChI=1S/C20H29N3OS/c1-13(2)11-23-20-17(14(3)21-23)10-18(25-20)19(24)22-9-8-15-6-4-5-7-16(15)12-22/h10,13,15-16H,4-9,11-12H2,1-3H3/t15-,16-/m0/s1. The second-order valence-electron chi connectivity index (χ2n) is 8.34. The molecule has 4 nitrogen and oxygen atoms in total. The Kier molecular flexibility index (Phi) is 4.61. The topological polar surface area (TPSA) is 38.1 Å². The van der Waals surface area contributed by atoms with Crippen LogP contribution in [-0.2, 0) is 6.54 Å². The molecule has 2 atom stereocenters. The molecule has 0 spiro atoms. The van der Waals surface area contributed by atoms with E-state index in [1.807, 2.05) is 6.92 Å². The second-order valence-corrected chi connectivity index (χ2v) is 9.37. The van der Waals surface area contributed by atoms with Gasteiger partial charge in [0.15, 0.2) is 0 Å². The number of carbonyl (C=O) groups excluding carboxylic acids is 1. The number of amides is 1. The smallest absolute Gasteiger partial charge is 0.264 e. The van der Waals surface area contributed by atoms with Crippen molar-refractivity contribution in [2.75, 3.05) is 13.1 Å². The number of fused-ring (bicyclic) bond motifs is 2. The molecule has 0 aromatic carbocycles. The average molecular weight is 360 g/mol. The van der Waals surface area contributed by atoms with Crippen LogP contribution in [0.25, 0.3) is 10.2 Å². The number of aryl methyl sites for hydroxylation is 1. The van der Waals surface area contributed by atoms with E-state index in [2.05, 4.69) is 34.6 Å². The van der Waals surface area contributed by atoms with E-state index in [0.717, 1.165) is 52.3 Å². The molecule has 1 aliphatic carbocycles. The van der Waals surface area contributed by atoms with Crippen molar-refractivity contribution in [2.24, 2.45) is 17.8 Å². The Morgan fingerprint density at radius 1 is 1.28 bits per heavy atom. The van der Waals surface area contributed by atoms with Crippen molar-refractivity contribution in [2.45, 2.75) is 59.4 Å². The zero-order valence-electron chi connectivity index (χ0n) is 15.6. The molecule has 1 amide bonds. The van der Waals surface area contributed by atoms with Crippen molar-refractivity contribution in [3.05, 3.63) is 16.6 Å².